The number of hydrogen-bond acceptors (Lipinski definition) is 3. The molecule has 1 amide bonds. The molecule has 0 bridgehead atoms. The maximum Gasteiger partial charge on any atom is 0.225 e. The number of rotatable bonds is 4. The molecule has 0 aliphatic rings. The van der Waals surface area contributed by atoms with Gasteiger partial charge in [-0.05, 0) is 29.2 Å². The molecule has 4 N–H and O–H groups in total. The van der Waals surface area contributed by atoms with Gasteiger partial charge in [0.05, 0.1) is 5.69 Å². The predicted octanol–water partition coefficient (Wildman–Crippen LogP) is 2.78. The number of nitrogens with zero attached hydrogens (tertiary/aromatic N) is 1. The van der Waals surface area contributed by atoms with E-state index < -0.39 is 0 Å². The number of aromatic amines is 1. The summed E-state index contributed by atoms with van der Waals surface area (Å²) in [4.78, 5) is 12.0. The minimum Gasteiger partial charge on any atom is -0.327 e. The monoisotopic (exact) mass is 286 g/mol. The number of benzene rings is 1. The Balaban J connectivity index is 1.96. The number of H-pyrrole nitrogens is 1. The van der Waals surface area contributed by atoms with Crippen LogP contribution in [0.3, 0.4) is 0 Å². The van der Waals surface area contributed by atoms with Crippen molar-refractivity contribution in [1.82, 2.24) is 10.2 Å². The first kappa shape index (κ1) is 15.3. The second-order valence-corrected chi connectivity index (χ2v) is 6.27. The Hall–Kier alpha value is -2.14. The Bertz CT molecular complexity index is 582. The molecular formula is C16H22N4O. The van der Waals surface area contributed by atoms with Crippen LogP contribution < -0.4 is 11.1 Å². The quantitative estimate of drug-likeness (QED) is 0.808. The first-order chi connectivity index (χ1) is 9.86. The van der Waals surface area contributed by atoms with E-state index in [2.05, 4.69) is 15.5 Å². The third-order valence-electron chi connectivity index (χ3n) is 3.50. The summed E-state index contributed by atoms with van der Waals surface area (Å²) in [6.07, 6.45) is 2.02. The molecular weight excluding hydrogens is 264 g/mol. The standard InChI is InChI=1S/C16H22N4O/c1-16(2,3)14(17)10-15(21)19-12-6-4-11(5-7-12)13-8-9-18-20-13/h4-9,14H,10,17H2,1-3H3,(H,18,20)(H,19,21). The van der Waals surface area contributed by atoms with Crippen molar-refractivity contribution >= 4 is 11.6 Å². The largest absolute Gasteiger partial charge is 0.327 e. The fraction of sp³-hybridized carbons (Fsp3) is 0.375. The minimum atomic E-state index is -0.165. The van der Waals surface area contributed by atoms with Crippen LogP contribution in [-0.4, -0.2) is 22.1 Å². The van der Waals surface area contributed by atoms with Crippen molar-refractivity contribution in [2.45, 2.75) is 33.2 Å². The van der Waals surface area contributed by atoms with Crippen molar-refractivity contribution in [2.24, 2.45) is 11.1 Å². The van der Waals surface area contributed by atoms with Crippen LogP contribution in [-0.2, 0) is 4.79 Å². The van der Waals surface area contributed by atoms with E-state index in [0.29, 0.717) is 6.42 Å². The van der Waals surface area contributed by atoms with Gasteiger partial charge in [0.15, 0.2) is 0 Å². The zero-order chi connectivity index (χ0) is 15.5. The molecule has 1 aromatic carbocycles. The van der Waals surface area contributed by atoms with Gasteiger partial charge in [0.2, 0.25) is 5.91 Å². The van der Waals surface area contributed by atoms with Gasteiger partial charge in [-0.25, -0.2) is 0 Å². The lowest BCUT2D eigenvalue weighted by Crippen LogP contribution is -2.38. The molecule has 112 valence electrons. The number of aromatic nitrogens is 2. The lowest BCUT2D eigenvalue weighted by molar-refractivity contribution is -0.117. The van der Waals surface area contributed by atoms with Gasteiger partial charge < -0.3 is 11.1 Å². The van der Waals surface area contributed by atoms with Gasteiger partial charge in [0, 0.05) is 24.3 Å². The van der Waals surface area contributed by atoms with Crippen molar-refractivity contribution < 1.29 is 4.79 Å². The van der Waals surface area contributed by atoms with E-state index >= 15 is 0 Å². The van der Waals surface area contributed by atoms with Gasteiger partial charge in [0.25, 0.3) is 0 Å². The zero-order valence-electron chi connectivity index (χ0n) is 12.7. The molecule has 5 heteroatoms. The lowest BCUT2D eigenvalue weighted by atomic mass is 9.85. The minimum absolute atomic E-state index is 0.0632. The molecule has 1 aromatic heterocycles. The molecule has 0 aliphatic carbocycles. The summed E-state index contributed by atoms with van der Waals surface area (Å²) >= 11 is 0. The van der Waals surface area contributed by atoms with E-state index in [0.717, 1.165) is 16.9 Å². The Morgan fingerprint density at radius 3 is 2.48 bits per heavy atom. The highest BCUT2D eigenvalue weighted by Crippen LogP contribution is 2.21. The predicted molar refractivity (Wildman–Crippen MR) is 84.7 cm³/mol. The molecule has 0 fully saturated rings. The van der Waals surface area contributed by atoms with E-state index in [1.54, 1.807) is 6.20 Å². The molecule has 1 heterocycles. The Morgan fingerprint density at radius 1 is 1.29 bits per heavy atom. The van der Waals surface area contributed by atoms with Crippen molar-refractivity contribution in [3.8, 4) is 11.3 Å². The summed E-state index contributed by atoms with van der Waals surface area (Å²) in [5.74, 6) is -0.0632. The number of amides is 1. The van der Waals surface area contributed by atoms with Crippen LogP contribution in [0.5, 0.6) is 0 Å². The van der Waals surface area contributed by atoms with Gasteiger partial charge in [-0.3, -0.25) is 9.89 Å². The number of carbonyl (C=O) groups excluding carboxylic acids is 1. The summed E-state index contributed by atoms with van der Waals surface area (Å²) in [6.45, 7) is 6.10. The number of nitrogens with one attached hydrogen (secondary N) is 2. The van der Waals surface area contributed by atoms with Gasteiger partial charge >= 0.3 is 0 Å². The Morgan fingerprint density at radius 2 is 1.95 bits per heavy atom. The van der Waals surface area contributed by atoms with Crippen LogP contribution in [0.15, 0.2) is 36.5 Å². The van der Waals surface area contributed by atoms with Crippen LogP contribution in [0.2, 0.25) is 0 Å². The number of carbonyl (C=O) groups is 1. The fourth-order valence-corrected chi connectivity index (χ4v) is 1.87. The first-order valence-corrected chi connectivity index (χ1v) is 7.01. The van der Waals surface area contributed by atoms with E-state index in [9.17, 15) is 4.79 Å². The number of anilines is 1. The summed E-state index contributed by atoms with van der Waals surface area (Å²) in [7, 11) is 0. The summed E-state index contributed by atoms with van der Waals surface area (Å²) in [5.41, 5.74) is 8.68. The Labute approximate surface area is 124 Å². The molecule has 1 atom stereocenters. The van der Waals surface area contributed by atoms with Crippen molar-refractivity contribution in [3.05, 3.63) is 36.5 Å². The average molecular weight is 286 g/mol. The van der Waals surface area contributed by atoms with Gasteiger partial charge in [-0.2, -0.15) is 5.10 Å². The van der Waals surface area contributed by atoms with Crippen molar-refractivity contribution in [1.29, 1.82) is 0 Å². The molecule has 1 unspecified atom stereocenters. The molecule has 5 nitrogen and oxygen atoms in total. The molecule has 2 rings (SSSR count). The van der Waals surface area contributed by atoms with E-state index in [1.165, 1.54) is 0 Å². The maximum atomic E-state index is 12.0. The molecule has 2 aromatic rings. The van der Waals surface area contributed by atoms with Gasteiger partial charge in [-0.1, -0.05) is 32.9 Å². The van der Waals surface area contributed by atoms with Crippen LogP contribution in [0.25, 0.3) is 11.3 Å². The molecule has 21 heavy (non-hydrogen) atoms. The van der Waals surface area contributed by atoms with Crippen LogP contribution in [0.1, 0.15) is 27.2 Å². The van der Waals surface area contributed by atoms with E-state index in [-0.39, 0.29) is 17.4 Å². The number of hydrogen-bond donors (Lipinski definition) is 3. The third-order valence-corrected chi connectivity index (χ3v) is 3.50. The first-order valence-electron chi connectivity index (χ1n) is 7.01. The van der Waals surface area contributed by atoms with Crippen LogP contribution >= 0.6 is 0 Å². The van der Waals surface area contributed by atoms with Crippen LogP contribution in [0, 0.1) is 5.41 Å². The second-order valence-electron chi connectivity index (χ2n) is 6.27. The second kappa shape index (κ2) is 6.10. The molecule has 0 aliphatic heterocycles. The highest BCUT2D eigenvalue weighted by molar-refractivity contribution is 5.91. The number of nitrogens with two attached hydrogens (primary N) is 1. The van der Waals surface area contributed by atoms with Crippen molar-refractivity contribution in [2.75, 3.05) is 5.32 Å². The normalized spacial score (nSPS) is 13.0. The molecule has 0 radical (unpaired) electrons. The smallest absolute Gasteiger partial charge is 0.225 e. The zero-order valence-corrected chi connectivity index (χ0v) is 12.7. The molecule has 0 saturated carbocycles. The van der Waals surface area contributed by atoms with E-state index in [1.807, 2.05) is 51.1 Å². The highest BCUT2D eigenvalue weighted by atomic mass is 16.1. The topological polar surface area (TPSA) is 83.8 Å². The molecule has 0 saturated heterocycles. The van der Waals surface area contributed by atoms with Crippen LogP contribution in [0.4, 0.5) is 5.69 Å². The van der Waals surface area contributed by atoms with E-state index in [4.69, 9.17) is 5.73 Å². The molecule has 0 spiro atoms. The highest BCUT2D eigenvalue weighted by Gasteiger charge is 2.23. The summed E-state index contributed by atoms with van der Waals surface area (Å²) < 4.78 is 0. The SMILES string of the molecule is CC(C)(C)C(N)CC(=O)Nc1ccc(-c2ccn[nH]2)cc1. The fourth-order valence-electron chi connectivity index (χ4n) is 1.87. The summed E-state index contributed by atoms with van der Waals surface area (Å²) in [5, 5.41) is 9.69. The lowest BCUT2D eigenvalue weighted by Gasteiger charge is -2.26. The van der Waals surface area contributed by atoms with Gasteiger partial charge in [0.1, 0.15) is 0 Å². The van der Waals surface area contributed by atoms with Gasteiger partial charge in [-0.15, -0.1) is 0 Å². The Kier molecular flexibility index (Phi) is 4.43. The average Bonchev–Trinajstić information content (AvgIpc) is 2.92. The third kappa shape index (κ3) is 4.16. The van der Waals surface area contributed by atoms with Crippen molar-refractivity contribution in [3.63, 3.8) is 0 Å². The summed E-state index contributed by atoms with van der Waals surface area (Å²) in [6, 6.07) is 9.35. The maximum absolute atomic E-state index is 12.0.